The average molecular weight is 300 g/mol. The van der Waals surface area contributed by atoms with E-state index in [9.17, 15) is 18.7 Å². The molecule has 1 N–H and O–H groups in total. The summed E-state index contributed by atoms with van der Waals surface area (Å²) in [5.74, 6) is -5.05. The van der Waals surface area contributed by atoms with E-state index in [-0.39, 0.29) is 5.56 Å². The molecule has 7 heteroatoms. The van der Waals surface area contributed by atoms with Crippen molar-refractivity contribution in [3.05, 3.63) is 35.4 Å². The first kappa shape index (κ1) is 14.5. The zero-order chi connectivity index (χ0) is 15.4. The molecule has 4 atom stereocenters. The third kappa shape index (κ3) is 2.17. The number of ether oxygens (including phenoxy) is 3. The van der Waals surface area contributed by atoms with Gasteiger partial charge in [-0.25, -0.2) is 8.78 Å². The molecule has 0 bridgehead atoms. The van der Waals surface area contributed by atoms with Gasteiger partial charge in [0.25, 0.3) is 0 Å². The van der Waals surface area contributed by atoms with Crippen LogP contribution < -0.4 is 0 Å². The van der Waals surface area contributed by atoms with Crippen molar-refractivity contribution in [2.45, 2.75) is 43.7 Å². The monoisotopic (exact) mass is 300 g/mol. The van der Waals surface area contributed by atoms with Gasteiger partial charge in [-0.15, -0.1) is 0 Å². The number of hydrogen-bond donors (Lipinski definition) is 1. The van der Waals surface area contributed by atoms with E-state index in [1.54, 1.807) is 13.8 Å². The van der Waals surface area contributed by atoms with Crippen molar-refractivity contribution in [2.24, 2.45) is 0 Å². The predicted octanol–water partition coefficient (Wildman–Crippen LogP) is 1.23. The lowest BCUT2D eigenvalue weighted by molar-refractivity contribution is -0.277. The van der Waals surface area contributed by atoms with Crippen LogP contribution in [0.5, 0.6) is 0 Å². The Labute approximate surface area is 119 Å². The van der Waals surface area contributed by atoms with E-state index in [1.807, 2.05) is 0 Å². The van der Waals surface area contributed by atoms with Gasteiger partial charge in [-0.1, -0.05) is 0 Å². The maximum Gasteiger partial charge on any atom is 0.226 e. The minimum atomic E-state index is -2.22. The number of hydrogen-bond acceptors (Lipinski definition) is 5. The number of aliphatic hydroxyl groups is 1. The van der Waals surface area contributed by atoms with Crippen molar-refractivity contribution >= 4 is 6.29 Å². The molecule has 114 valence electrons. The lowest BCUT2D eigenvalue weighted by Gasteiger charge is -2.30. The second kappa shape index (κ2) is 4.54. The lowest BCUT2D eigenvalue weighted by atomic mass is 9.97. The van der Waals surface area contributed by atoms with E-state index in [0.717, 1.165) is 12.1 Å². The molecule has 0 spiro atoms. The number of carbonyl (C=O) groups excluding carboxylic acids is 1. The number of carbonyl (C=O) groups is 1. The van der Waals surface area contributed by atoms with Crippen LogP contribution in [0.4, 0.5) is 8.78 Å². The quantitative estimate of drug-likeness (QED) is 0.832. The van der Waals surface area contributed by atoms with E-state index < -0.39 is 41.5 Å². The van der Waals surface area contributed by atoms with Crippen molar-refractivity contribution in [3.8, 4) is 0 Å². The highest BCUT2D eigenvalue weighted by Crippen LogP contribution is 2.47. The van der Waals surface area contributed by atoms with Crippen LogP contribution in [0.2, 0.25) is 0 Å². The molecule has 2 saturated heterocycles. The van der Waals surface area contributed by atoms with Crippen LogP contribution in [-0.4, -0.2) is 35.5 Å². The van der Waals surface area contributed by atoms with Gasteiger partial charge >= 0.3 is 0 Å². The van der Waals surface area contributed by atoms with Gasteiger partial charge in [0.1, 0.15) is 29.9 Å². The van der Waals surface area contributed by atoms with Crippen molar-refractivity contribution in [1.82, 2.24) is 0 Å². The third-order valence-electron chi connectivity index (χ3n) is 3.61. The summed E-state index contributed by atoms with van der Waals surface area (Å²) < 4.78 is 43.3. The Morgan fingerprint density at radius 1 is 1.24 bits per heavy atom. The maximum atomic E-state index is 14.0. The molecule has 1 aromatic rings. The molecule has 5 nitrogen and oxygen atoms in total. The van der Waals surface area contributed by atoms with Crippen molar-refractivity contribution in [1.29, 1.82) is 0 Å². The van der Waals surface area contributed by atoms with Crippen molar-refractivity contribution < 1.29 is 32.9 Å². The Morgan fingerprint density at radius 2 is 1.95 bits per heavy atom. The zero-order valence-corrected chi connectivity index (χ0v) is 11.4. The first-order valence-corrected chi connectivity index (χ1v) is 6.43. The second-order valence-electron chi connectivity index (χ2n) is 5.56. The van der Waals surface area contributed by atoms with Crippen LogP contribution in [0.3, 0.4) is 0 Å². The number of rotatable bonds is 2. The minimum absolute atomic E-state index is 0.301. The summed E-state index contributed by atoms with van der Waals surface area (Å²) in [4.78, 5) is 11.1. The smallest absolute Gasteiger partial charge is 0.226 e. The first-order chi connectivity index (χ1) is 9.77. The van der Waals surface area contributed by atoms with Gasteiger partial charge in [0.05, 0.1) is 0 Å². The van der Waals surface area contributed by atoms with Gasteiger partial charge in [-0.2, -0.15) is 0 Å². The molecule has 0 amide bonds. The largest absolute Gasteiger partial charge is 0.360 e. The molecule has 2 fully saturated rings. The molecule has 2 aliphatic heterocycles. The molecule has 21 heavy (non-hydrogen) atoms. The van der Waals surface area contributed by atoms with Crippen molar-refractivity contribution in [3.63, 3.8) is 0 Å². The fourth-order valence-electron chi connectivity index (χ4n) is 2.78. The zero-order valence-electron chi connectivity index (χ0n) is 11.4. The molecule has 0 saturated carbocycles. The Hall–Kier alpha value is -1.41. The Kier molecular flexibility index (Phi) is 3.14. The number of aldehydes is 1. The van der Waals surface area contributed by atoms with Gasteiger partial charge in [0.15, 0.2) is 12.1 Å². The van der Waals surface area contributed by atoms with Gasteiger partial charge < -0.3 is 24.1 Å². The van der Waals surface area contributed by atoms with Gasteiger partial charge in [-0.05, 0) is 26.0 Å². The highest BCUT2D eigenvalue weighted by molar-refractivity contribution is 5.59. The van der Waals surface area contributed by atoms with E-state index in [1.165, 1.54) is 0 Å². The highest BCUT2D eigenvalue weighted by atomic mass is 19.1. The summed E-state index contributed by atoms with van der Waals surface area (Å²) in [5, 5.41) is 10.7. The second-order valence-corrected chi connectivity index (χ2v) is 5.56. The topological polar surface area (TPSA) is 65.0 Å². The fraction of sp³-hybridized carbons (Fsp3) is 0.500. The molecule has 0 radical (unpaired) electrons. The van der Waals surface area contributed by atoms with Crippen LogP contribution in [-0.2, 0) is 24.8 Å². The number of halogens is 2. The fourth-order valence-corrected chi connectivity index (χ4v) is 2.78. The molecule has 0 aromatic heterocycles. The molecular weight excluding hydrogens is 286 g/mol. The summed E-state index contributed by atoms with van der Waals surface area (Å²) in [7, 11) is 0. The minimum Gasteiger partial charge on any atom is -0.360 e. The van der Waals surface area contributed by atoms with Crippen molar-refractivity contribution in [2.75, 3.05) is 0 Å². The van der Waals surface area contributed by atoms with Crippen LogP contribution in [0, 0.1) is 11.6 Å². The molecule has 1 unspecified atom stereocenters. The van der Waals surface area contributed by atoms with E-state index in [2.05, 4.69) is 0 Å². The number of fused-ring (bicyclic) bond motifs is 1. The van der Waals surface area contributed by atoms with Crippen LogP contribution in [0.15, 0.2) is 18.2 Å². The molecule has 2 aliphatic rings. The Morgan fingerprint density at radius 3 is 2.57 bits per heavy atom. The van der Waals surface area contributed by atoms with Gasteiger partial charge in [0.2, 0.25) is 5.79 Å². The lowest BCUT2D eigenvalue weighted by Crippen LogP contribution is -2.41. The Balaban J connectivity index is 2.06. The first-order valence-electron chi connectivity index (χ1n) is 6.43. The molecule has 3 rings (SSSR count). The standard InChI is InChI=1S/C14H14F2O5/c1-13(2)20-11-10(6-17)19-14(18,12(11)21-13)8-4-3-7(15)5-9(8)16/h3-6,10-12,18H,1-2H3/t10-,11+,12+,14?/m1/s1. The third-order valence-corrected chi connectivity index (χ3v) is 3.61. The summed E-state index contributed by atoms with van der Waals surface area (Å²) >= 11 is 0. The van der Waals surface area contributed by atoms with Crippen LogP contribution in [0.1, 0.15) is 19.4 Å². The number of benzene rings is 1. The van der Waals surface area contributed by atoms with E-state index >= 15 is 0 Å². The molecule has 2 heterocycles. The summed E-state index contributed by atoms with van der Waals surface area (Å²) in [6.07, 6.45) is -2.61. The Bertz CT molecular complexity index is 591. The highest BCUT2D eigenvalue weighted by Gasteiger charge is 2.64. The van der Waals surface area contributed by atoms with Gasteiger partial charge in [-0.3, -0.25) is 0 Å². The van der Waals surface area contributed by atoms with E-state index in [0.29, 0.717) is 12.4 Å². The normalized spacial score (nSPS) is 37.5. The SMILES string of the molecule is CC1(C)O[C@H]2[C@@H](C=O)OC(O)(c3ccc(F)cc3F)[C@H]2O1. The molecular formula is C14H14F2O5. The van der Waals surface area contributed by atoms with Crippen LogP contribution in [0.25, 0.3) is 0 Å². The molecule has 1 aromatic carbocycles. The predicted molar refractivity (Wildman–Crippen MR) is 65.0 cm³/mol. The summed E-state index contributed by atoms with van der Waals surface area (Å²) in [5.41, 5.74) is -0.301. The van der Waals surface area contributed by atoms with Crippen LogP contribution >= 0.6 is 0 Å². The molecule has 0 aliphatic carbocycles. The summed E-state index contributed by atoms with van der Waals surface area (Å²) in [6, 6.07) is 2.67. The van der Waals surface area contributed by atoms with E-state index in [4.69, 9.17) is 14.2 Å². The average Bonchev–Trinajstić information content (AvgIpc) is 2.83. The summed E-state index contributed by atoms with van der Waals surface area (Å²) in [6.45, 7) is 3.21. The van der Waals surface area contributed by atoms with Gasteiger partial charge in [0, 0.05) is 11.6 Å². The maximum absolute atomic E-state index is 14.0.